The van der Waals surface area contributed by atoms with Gasteiger partial charge in [0.15, 0.2) is 11.6 Å². The Hall–Kier alpha value is -0.990. The van der Waals surface area contributed by atoms with Crippen LogP contribution in [0.1, 0.15) is 73.1 Å². The van der Waals surface area contributed by atoms with E-state index in [1.807, 2.05) is 27.7 Å². The minimum atomic E-state index is -0.984. The number of carbonyl (C=O) groups excluding carboxylic acids is 3. The molecule has 1 fully saturated rings. The Morgan fingerprint density at radius 1 is 1.10 bits per heavy atom. The molecule has 0 bridgehead atoms. The molecule has 20 heavy (non-hydrogen) atoms. The van der Waals surface area contributed by atoms with E-state index in [1.54, 1.807) is 0 Å². The van der Waals surface area contributed by atoms with Crippen molar-refractivity contribution in [2.45, 2.75) is 73.1 Å². The molecule has 3 heteroatoms. The summed E-state index contributed by atoms with van der Waals surface area (Å²) >= 11 is 0. The van der Waals surface area contributed by atoms with Gasteiger partial charge in [0.25, 0.3) is 0 Å². The Labute approximate surface area is 123 Å². The van der Waals surface area contributed by atoms with Crippen LogP contribution in [0.2, 0.25) is 0 Å². The molecule has 3 nitrogen and oxygen atoms in total. The lowest BCUT2D eigenvalue weighted by atomic mass is 9.83. The third-order valence-corrected chi connectivity index (χ3v) is 4.02. The molecule has 0 amide bonds. The Bertz CT molecular complexity index is 327. The quantitative estimate of drug-likeness (QED) is 0.664. The van der Waals surface area contributed by atoms with E-state index in [2.05, 4.69) is 0 Å². The zero-order chi connectivity index (χ0) is 15.7. The molecular weight excluding hydrogens is 252 g/mol. The second-order valence-electron chi connectivity index (χ2n) is 5.61. The predicted molar refractivity (Wildman–Crippen MR) is 81.6 cm³/mol. The molecule has 0 spiro atoms. The van der Waals surface area contributed by atoms with Gasteiger partial charge in [0.2, 0.25) is 0 Å². The van der Waals surface area contributed by atoms with Crippen LogP contribution in [0.15, 0.2) is 0 Å². The van der Waals surface area contributed by atoms with Gasteiger partial charge in [0.1, 0.15) is 11.7 Å². The zero-order valence-corrected chi connectivity index (χ0v) is 13.7. The fourth-order valence-corrected chi connectivity index (χ4v) is 2.64. The van der Waals surface area contributed by atoms with Gasteiger partial charge in [-0.15, -0.1) is 0 Å². The standard InChI is InChI=1S/C15H24O3.C2H6/c1-4-10(2)9-13(17)14(11(3)16)15(18)12-7-5-6-8-12;1-2/h10,12,14H,4-9H2,1-3H3;1-2H3. The van der Waals surface area contributed by atoms with Crippen LogP contribution in [-0.2, 0) is 14.4 Å². The van der Waals surface area contributed by atoms with Gasteiger partial charge in [-0.25, -0.2) is 0 Å². The molecule has 1 saturated carbocycles. The van der Waals surface area contributed by atoms with Gasteiger partial charge in [-0.2, -0.15) is 0 Å². The summed E-state index contributed by atoms with van der Waals surface area (Å²) in [5.74, 6) is -1.36. The fourth-order valence-electron chi connectivity index (χ4n) is 2.64. The molecule has 1 aliphatic carbocycles. The van der Waals surface area contributed by atoms with Gasteiger partial charge >= 0.3 is 0 Å². The van der Waals surface area contributed by atoms with Crippen molar-refractivity contribution in [1.29, 1.82) is 0 Å². The fraction of sp³-hybridized carbons (Fsp3) is 0.824. The van der Waals surface area contributed by atoms with E-state index < -0.39 is 5.92 Å². The molecule has 0 saturated heterocycles. The molecule has 0 aromatic heterocycles. The first kappa shape index (κ1) is 19.0. The number of rotatable bonds is 7. The first-order valence-corrected chi connectivity index (χ1v) is 8.04. The Morgan fingerprint density at radius 2 is 1.60 bits per heavy atom. The van der Waals surface area contributed by atoms with Crippen LogP contribution in [0, 0.1) is 17.8 Å². The molecule has 0 aromatic carbocycles. The van der Waals surface area contributed by atoms with E-state index in [4.69, 9.17) is 0 Å². The summed E-state index contributed by atoms with van der Waals surface area (Å²) in [5, 5.41) is 0. The average Bonchev–Trinajstić information content (AvgIpc) is 2.94. The summed E-state index contributed by atoms with van der Waals surface area (Å²) < 4.78 is 0. The van der Waals surface area contributed by atoms with Crippen molar-refractivity contribution in [3.63, 3.8) is 0 Å². The van der Waals surface area contributed by atoms with Crippen LogP contribution >= 0.6 is 0 Å². The molecule has 116 valence electrons. The normalized spacial score (nSPS) is 17.9. The second kappa shape index (κ2) is 9.84. The number of carbonyl (C=O) groups is 3. The summed E-state index contributed by atoms with van der Waals surface area (Å²) in [6.07, 6.45) is 5.02. The van der Waals surface area contributed by atoms with Crippen LogP contribution in [-0.4, -0.2) is 17.3 Å². The first-order chi connectivity index (χ1) is 9.47. The summed E-state index contributed by atoms with van der Waals surface area (Å²) in [6, 6.07) is 0. The summed E-state index contributed by atoms with van der Waals surface area (Å²) in [7, 11) is 0. The maximum atomic E-state index is 12.3. The van der Waals surface area contributed by atoms with Gasteiger partial charge in [-0.1, -0.05) is 47.0 Å². The molecule has 0 N–H and O–H groups in total. The van der Waals surface area contributed by atoms with Gasteiger partial charge < -0.3 is 0 Å². The van der Waals surface area contributed by atoms with Crippen molar-refractivity contribution < 1.29 is 14.4 Å². The highest BCUT2D eigenvalue weighted by molar-refractivity contribution is 6.19. The molecule has 0 radical (unpaired) electrons. The first-order valence-electron chi connectivity index (χ1n) is 8.04. The molecule has 2 atom stereocenters. The van der Waals surface area contributed by atoms with Crippen molar-refractivity contribution in [2.75, 3.05) is 0 Å². The largest absolute Gasteiger partial charge is 0.299 e. The van der Waals surface area contributed by atoms with Gasteiger partial charge in [-0.05, 0) is 25.7 Å². The van der Waals surface area contributed by atoms with E-state index in [-0.39, 0.29) is 29.2 Å². The van der Waals surface area contributed by atoms with Crippen molar-refractivity contribution in [1.82, 2.24) is 0 Å². The third kappa shape index (κ3) is 5.56. The lowest BCUT2D eigenvalue weighted by Gasteiger charge is -2.17. The minimum Gasteiger partial charge on any atom is -0.299 e. The second-order valence-corrected chi connectivity index (χ2v) is 5.61. The van der Waals surface area contributed by atoms with Crippen molar-refractivity contribution in [3.05, 3.63) is 0 Å². The Balaban J connectivity index is 0.00000172. The Morgan fingerprint density at radius 3 is 2.00 bits per heavy atom. The molecular formula is C17H30O3. The van der Waals surface area contributed by atoms with Crippen LogP contribution < -0.4 is 0 Å². The molecule has 0 aliphatic heterocycles. The van der Waals surface area contributed by atoms with Crippen LogP contribution in [0.25, 0.3) is 0 Å². The highest BCUT2D eigenvalue weighted by Crippen LogP contribution is 2.29. The number of hydrogen-bond acceptors (Lipinski definition) is 3. The maximum Gasteiger partial charge on any atom is 0.153 e. The number of hydrogen-bond donors (Lipinski definition) is 0. The maximum absolute atomic E-state index is 12.3. The molecule has 0 aromatic rings. The van der Waals surface area contributed by atoms with Crippen LogP contribution in [0.3, 0.4) is 0 Å². The molecule has 0 heterocycles. The monoisotopic (exact) mass is 282 g/mol. The van der Waals surface area contributed by atoms with Gasteiger partial charge in [0, 0.05) is 12.3 Å². The zero-order valence-electron chi connectivity index (χ0n) is 13.7. The highest BCUT2D eigenvalue weighted by atomic mass is 16.2. The van der Waals surface area contributed by atoms with Crippen LogP contribution in [0.4, 0.5) is 0 Å². The third-order valence-electron chi connectivity index (χ3n) is 4.02. The lowest BCUT2D eigenvalue weighted by molar-refractivity contribution is -0.141. The highest BCUT2D eigenvalue weighted by Gasteiger charge is 2.36. The topological polar surface area (TPSA) is 51.2 Å². The molecule has 1 rings (SSSR count). The van der Waals surface area contributed by atoms with E-state index in [9.17, 15) is 14.4 Å². The van der Waals surface area contributed by atoms with Gasteiger partial charge in [0.05, 0.1) is 0 Å². The summed E-state index contributed by atoms with van der Waals surface area (Å²) in [5.41, 5.74) is 0. The van der Waals surface area contributed by atoms with E-state index in [0.29, 0.717) is 6.42 Å². The van der Waals surface area contributed by atoms with Gasteiger partial charge in [-0.3, -0.25) is 14.4 Å². The van der Waals surface area contributed by atoms with Crippen molar-refractivity contribution in [3.8, 4) is 0 Å². The van der Waals surface area contributed by atoms with E-state index in [1.165, 1.54) is 6.92 Å². The number of ketones is 3. The van der Waals surface area contributed by atoms with Crippen molar-refractivity contribution >= 4 is 17.3 Å². The Kier molecular flexibility index (Phi) is 9.35. The average molecular weight is 282 g/mol. The number of Topliss-reactive ketones (excluding diaryl/α,β-unsaturated/α-hetero) is 3. The summed E-state index contributed by atoms with van der Waals surface area (Å²) in [4.78, 5) is 36.0. The predicted octanol–water partition coefficient (Wildman–Crippen LogP) is 3.98. The van der Waals surface area contributed by atoms with E-state index in [0.717, 1.165) is 32.1 Å². The summed E-state index contributed by atoms with van der Waals surface area (Å²) in [6.45, 7) is 9.36. The van der Waals surface area contributed by atoms with Crippen molar-refractivity contribution in [2.24, 2.45) is 17.8 Å². The molecule has 2 unspecified atom stereocenters. The SMILES string of the molecule is CC.CCC(C)CC(=O)C(C(C)=O)C(=O)C1CCCC1. The lowest BCUT2D eigenvalue weighted by Crippen LogP contribution is -2.34. The minimum absolute atomic E-state index is 0.0558. The molecule has 1 aliphatic rings. The smallest absolute Gasteiger partial charge is 0.153 e. The van der Waals surface area contributed by atoms with Crippen LogP contribution in [0.5, 0.6) is 0 Å². The van der Waals surface area contributed by atoms with E-state index >= 15 is 0 Å².